The van der Waals surface area contributed by atoms with Gasteiger partial charge in [-0.2, -0.15) is 0 Å². The number of hydrogen-bond donors (Lipinski definition) is 2. The lowest BCUT2D eigenvalue weighted by Crippen LogP contribution is -2.22. The first-order valence-corrected chi connectivity index (χ1v) is 6.08. The molecule has 3 rings (SSSR count). The molecule has 19 heavy (non-hydrogen) atoms. The van der Waals surface area contributed by atoms with E-state index in [0.29, 0.717) is 12.1 Å². The van der Waals surface area contributed by atoms with Gasteiger partial charge in [-0.15, -0.1) is 0 Å². The molecule has 0 aliphatic carbocycles. The molecule has 0 bridgehead atoms. The normalized spacial score (nSPS) is 10.5. The summed E-state index contributed by atoms with van der Waals surface area (Å²) in [7, 11) is 0. The number of aromatic amines is 1. The lowest BCUT2D eigenvalue weighted by atomic mass is 10.1. The molecule has 0 aliphatic heterocycles. The van der Waals surface area contributed by atoms with Gasteiger partial charge in [0.15, 0.2) is 0 Å². The van der Waals surface area contributed by atoms with Crippen molar-refractivity contribution in [1.29, 1.82) is 0 Å². The molecule has 94 valence electrons. The fourth-order valence-electron chi connectivity index (χ4n) is 2.06. The van der Waals surface area contributed by atoms with Gasteiger partial charge in [0.05, 0.1) is 0 Å². The quantitative estimate of drug-likeness (QED) is 0.751. The first kappa shape index (κ1) is 11.5. The van der Waals surface area contributed by atoms with E-state index in [1.54, 1.807) is 12.4 Å². The average Bonchev–Trinajstić information content (AvgIpc) is 2.94. The SMILES string of the molecule is O=C(NCc1ccncc1)c1cccc2[nH]ccc12. The van der Waals surface area contributed by atoms with Gasteiger partial charge in [0.25, 0.3) is 5.91 Å². The molecule has 4 nitrogen and oxygen atoms in total. The molecule has 4 heteroatoms. The number of nitrogens with zero attached hydrogens (tertiary/aromatic N) is 1. The number of rotatable bonds is 3. The lowest BCUT2D eigenvalue weighted by molar-refractivity contribution is 0.0952. The minimum absolute atomic E-state index is 0.0676. The van der Waals surface area contributed by atoms with Gasteiger partial charge < -0.3 is 10.3 Å². The van der Waals surface area contributed by atoms with Gasteiger partial charge in [-0.25, -0.2) is 0 Å². The Morgan fingerprint density at radius 2 is 2.00 bits per heavy atom. The van der Waals surface area contributed by atoms with Crippen molar-refractivity contribution < 1.29 is 4.79 Å². The van der Waals surface area contributed by atoms with Crippen LogP contribution < -0.4 is 5.32 Å². The van der Waals surface area contributed by atoms with Crippen LogP contribution in [0.3, 0.4) is 0 Å². The summed E-state index contributed by atoms with van der Waals surface area (Å²) in [4.78, 5) is 19.2. The molecule has 2 aromatic heterocycles. The van der Waals surface area contributed by atoms with Gasteiger partial charge in [0.1, 0.15) is 0 Å². The number of carbonyl (C=O) groups is 1. The summed E-state index contributed by atoms with van der Waals surface area (Å²) in [5.74, 6) is -0.0676. The molecule has 0 fully saturated rings. The second kappa shape index (κ2) is 4.94. The fraction of sp³-hybridized carbons (Fsp3) is 0.0667. The minimum atomic E-state index is -0.0676. The Morgan fingerprint density at radius 1 is 1.16 bits per heavy atom. The van der Waals surface area contributed by atoms with E-state index in [2.05, 4.69) is 15.3 Å². The summed E-state index contributed by atoms with van der Waals surface area (Å²) < 4.78 is 0. The molecule has 0 spiro atoms. The van der Waals surface area contributed by atoms with Crippen molar-refractivity contribution in [3.63, 3.8) is 0 Å². The average molecular weight is 251 g/mol. The van der Waals surface area contributed by atoms with Gasteiger partial charge in [-0.05, 0) is 35.9 Å². The summed E-state index contributed by atoms with van der Waals surface area (Å²) >= 11 is 0. The highest BCUT2D eigenvalue weighted by molar-refractivity contribution is 6.06. The van der Waals surface area contributed by atoms with Crippen LogP contribution in [-0.2, 0) is 6.54 Å². The standard InChI is InChI=1S/C15H13N3O/c19-15(18-10-11-4-7-16-8-5-11)13-2-1-3-14-12(13)6-9-17-14/h1-9,17H,10H2,(H,18,19). The molecular formula is C15H13N3O. The molecule has 2 heterocycles. The highest BCUT2D eigenvalue weighted by Crippen LogP contribution is 2.17. The second-order valence-corrected chi connectivity index (χ2v) is 4.28. The summed E-state index contributed by atoms with van der Waals surface area (Å²) in [5, 5.41) is 3.86. The first-order valence-electron chi connectivity index (χ1n) is 6.08. The largest absolute Gasteiger partial charge is 0.361 e. The van der Waals surface area contributed by atoms with Crippen LogP contribution in [-0.4, -0.2) is 15.9 Å². The second-order valence-electron chi connectivity index (χ2n) is 4.28. The number of benzene rings is 1. The molecule has 1 amide bonds. The van der Waals surface area contributed by atoms with E-state index in [1.165, 1.54) is 0 Å². The van der Waals surface area contributed by atoms with E-state index in [1.807, 2.05) is 42.6 Å². The topological polar surface area (TPSA) is 57.8 Å². The van der Waals surface area contributed by atoms with Gasteiger partial charge in [-0.1, -0.05) is 6.07 Å². The zero-order valence-corrected chi connectivity index (χ0v) is 10.3. The van der Waals surface area contributed by atoms with E-state index in [9.17, 15) is 4.79 Å². The molecule has 1 aromatic carbocycles. The summed E-state index contributed by atoms with van der Waals surface area (Å²) in [6.45, 7) is 0.502. The summed E-state index contributed by atoms with van der Waals surface area (Å²) in [6.07, 6.45) is 5.27. The Kier molecular flexibility index (Phi) is 2.98. The Bertz CT molecular complexity index is 703. The molecule has 0 saturated carbocycles. The smallest absolute Gasteiger partial charge is 0.252 e. The van der Waals surface area contributed by atoms with Crippen LogP contribution in [0.25, 0.3) is 10.9 Å². The molecule has 0 radical (unpaired) electrons. The van der Waals surface area contributed by atoms with Gasteiger partial charge in [-0.3, -0.25) is 9.78 Å². The first-order chi connectivity index (χ1) is 9.34. The van der Waals surface area contributed by atoms with Crippen LogP contribution in [0.1, 0.15) is 15.9 Å². The van der Waals surface area contributed by atoms with Crippen molar-refractivity contribution in [3.05, 3.63) is 66.1 Å². The fourth-order valence-corrected chi connectivity index (χ4v) is 2.06. The summed E-state index contributed by atoms with van der Waals surface area (Å²) in [6, 6.07) is 11.3. The van der Waals surface area contributed by atoms with Crippen LogP contribution in [0.4, 0.5) is 0 Å². The van der Waals surface area contributed by atoms with Crippen molar-refractivity contribution in [2.24, 2.45) is 0 Å². The molecule has 2 N–H and O–H groups in total. The zero-order chi connectivity index (χ0) is 13.1. The van der Waals surface area contributed by atoms with E-state index >= 15 is 0 Å². The predicted molar refractivity (Wildman–Crippen MR) is 73.7 cm³/mol. The molecule has 3 aromatic rings. The number of fused-ring (bicyclic) bond motifs is 1. The summed E-state index contributed by atoms with van der Waals surface area (Å²) in [5.41, 5.74) is 2.69. The van der Waals surface area contributed by atoms with E-state index in [4.69, 9.17) is 0 Å². The third-order valence-corrected chi connectivity index (χ3v) is 3.04. The van der Waals surface area contributed by atoms with Crippen molar-refractivity contribution in [1.82, 2.24) is 15.3 Å². The maximum atomic E-state index is 12.2. The van der Waals surface area contributed by atoms with E-state index < -0.39 is 0 Å². The number of pyridine rings is 1. The molecular weight excluding hydrogens is 238 g/mol. The molecule has 0 saturated heterocycles. The molecule has 0 aliphatic rings. The number of nitrogens with one attached hydrogen (secondary N) is 2. The van der Waals surface area contributed by atoms with Crippen molar-refractivity contribution in [2.75, 3.05) is 0 Å². The van der Waals surface area contributed by atoms with Crippen molar-refractivity contribution in [2.45, 2.75) is 6.54 Å². The highest BCUT2D eigenvalue weighted by Gasteiger charge is 2.09. The number of carbonyl (C=O) groups excluding carboxylic acids is 1. The van der Waals surface area contributed by atoms with Crippen LogP contribution in [0.2, 0.25) is 0 Å². The van der Waals surface area contributed by atoms with Crippen LogP contribution >= 0.6 is 0 Å². The monoisotopic (exact) mass is 251 g/mol. The number of H-pyrrole nitrogens is 1. The van der Waals surface area contributed by atoms with Crippen LogP contribution in [0.5, 0.6) is 0 Å². The minimum Gasteiger partial charge on any atom is -0.361 e. The van der Waals surface area contributed by atoms with Crippen LogP contribution in [0.15, 0.2) is 55.0 Å². The zero-order valence-electron chi connectivity index (χ0n) is 10.3. The highest BCUT2D eigenvalue weighted by atomic mass is 16.1. The number of aromatic nitrogens is 2. The maximum Gasteiger partial charge on any atom is 0.252 e. The predicted octanol–water partition coefficient (Wildman–Crippen LogP) is 2.49. The Morgan fingerprint density at radius 3 is 2.84 bits per heavy atom. The Hall–Kier alpha value is -2.62. The van der Waals surface area contributed by atoms with Crippen LogP contribution in [0, 0.1) is 0 Å². The lowest BCUT2D eigenvalue weighted by Gasteiger charge is -2.06. The molecule has 0 unspecified atom stereocenters. The van der Waals surface area contributed by atoms with E-state index in [-0.39, 0.29) is 5.91 Å². The maximum absolute atomic E-state index is 12.2. The third kappa shape index (κ3) is 2.33. The third-order valence-electron chi connectivity index (χ3n) is 3.04. The van der Waals surface area contributed by atoms with Crippen molar-refractivity contribution >= 4 is 16.8 Å². The Labute approximate surface area is 110 Å². The van der Waals surface area contributed by atoms with Crippen molar-refractivity contribution in [3.8, 4) is 0 Å². The Balaban J connectivity index is 1.79. The van der Waals surface area contributed by atoms with Gasteiger partial charge >= 0.3 is 0 Å². The molecule has 0 atom stereocenters. The van der Waals surface area contributed by atoms with E-state index in [0.717, 1.165) is 16.5 Å². The van der Waals surface area contributed by atoms with Gasteiger partial charge in [0, 0.05) is 41.6 Å². The number of amides is 1. The number of hydrogen-bond acceptors (Lipinski definition) is 2. The van der Waals surface area contributed by atoms with Gasteiger partial charge in [0.2, 0.25) is 0 Å².